The number of rotatable bonds is 8. The zero-order valence-electron chi connectivity index (χ0n) is 19.3. The molecule has 4 rings (SSSR count). The number of para-hydroxylation sites is 1. The van der Waals surface area contributed by atoms with Crippen molar-refractivity contribution in [3.63, 3.8) is 0 Å². The van der Waals surface area contributed by atoms with Crippen molar-refractivity contribution in [2.45, 2.75) is 20.0 Å². The van der Waals surface area contributed by atoms with Crippen LogP contribution in [0.1, 0.15) is 11.1 Å². The minimum Gasteiger partial charge on any atom is -0.490 e. The second kappa shape index (κ2) is 10.7. The van der Waals surface area contributed by atoms with Crippen molar-refractivity contribution in [2.75, 3.05) is 51.2 Å². The van der Waals surface area contributed by atoms with E-state index in [2.05, 4.69) is 20.1 Å². The molecule has 174 valence electrons. The van der Waals surface area contributed by atoms with E-state index < -0.39 is 6.10 Å². The van der Waals surface area contributed by atoms with Gasteiger partial charge in [-0.2, -0.15) is 0 Å². The average molecular weight is 449 g/mol. The summed E-state index contributed by atoms with van der Waals surface area (Å²) in [6.07, 6.45) is 2.97. The van der Waals surface area contributed by atoms with Crippen LogP contribution in [-0.2, 0) is 4.79 Å². The molecule has 33 heavy (non-hydrogen) atoms. The van der Waals surface area contributed by atoms with E-state index in [1.165, 1.54) is 0 Å². The highest BCUT2D eigenvalue weighted by Gasteiger charge is 2.21. The molecule has 0 aliphatic carbocycles. The van der Waals surface area contributed by atoms with Crippen LogP contribution in [-0.4, -0.2) is 77.8 Å². The number of hydrogen-bond donors (Lipinski definition) is 2. The van der Waals surface area contributed by atoms with Crippen molar-refractivity contribution in [1.82, 2.24) is 14.8 Å². The first kappa shape index (κ1) is 23.2. The number of carbonyl (C=O) groups is 1. The summed E-state index contributed by atoms with van der Waals surface area (Å²) in [6.45, 7) is 8.40. The number of hydrogen-bond acceptors (Lipinski definition) is 6. The van der Waals surface area contributed by atoms with Gasteiger partial charge >= 0.3 is 0 Å². The number of nitrogens with zero attached hydrogens (tertiary/aromatic N) is 3. The number of piperazine rings is 1. The minimum absolute atomic E-state index is 0.0135. The maximum absolute atomic E-state index is 12.5. The number of anilines is 1. The highest BCUT2D eigenvalue weighted by molar-refractivity contribution is 5.93. The number of benzene rings is 2. The van der Waals surface area contributed by atoms with Gasteiger partial charge in [-0.1, -0.05) is 30.3 Å². The van der Waals surface area contributed by atoms with E-state index in [9.17, 15) is 9.90 Å². The van der Waals surface area contributed by atoms with Gasteiger partial charge in [0.05, 0.1) is 6.54 Å². The number of carbonyl (C=O) groups excluding carboxylic acids is 1. The number of aliphatic hydroxyl groups is 1. The Morgan fingerprint density at radius 2 is 1.76 bits per heavy atom. The number of amides is 1. The molecule has 1 aliphatic rings. The first-order valence-corrected chi connectivity index (χ1v) is 11.4. The zero-order valence-corrected chi connectivity index (χ0v) is 19.3. The van der Waals surface area contributed by atoms with Crippen molar-refractivity contribution >= 4 is 22.4 Å². The van der Waals surface area contributed by atoms with Gasteiger partial charge in [-0.3, -0.25) is 19.6 Å². The standard InChI is InChI=1S/C26H32N4O3/c1-19-5-3-6-20(2)26(19)28-25(32)17-30-13-11-29(12-14-30)16-22(31)18-33-24-8-4-7-21-15-27-10-9-23(21)24/h3-10,15,22,31H,11-14,16-18H2,1-2H3,(H,28,32). The molecule has 1 aromatic heterocycles. The van der Waals surface area contributed by atoms with Gasteiger partial charge in [-0.25, -0.2) is 0 Å². The maximum Gasteiger partial charge on any atom is 0.238 e. The van der Waals surface area contributed by atoms with E-state index in [0.717, 1.165) is 59.5 Å². The summed E-state index contributed by atoms with van der Waals surface area (Å²) in [6, 6.07) is 13.8. The topological polar surface area (TPSA) is 77.9 Å². The lowest BCUT2D eigenvalue weighted by Crippen LogP contribution is -2.50. The monoisotopic (exact) mass is 448 g/mol. The molecule has 1 fully saturated rings. The van der Waals surface area contributed by atoms with Crippen LogP contribution < -0.4 is 10.1 Å². The Hall–Kier alpha value is -3.00. The molecule has 1 unspecified atom stereocenters. The highest BCUT2D eigenvalue weighted by Crippen LogP contribution is 2.24. The predicted octanol–water partition coefficient (Wildman–Crippen LogP) is 2.85. The van der Waals surface area contributed by atoms with E-state index in [0.29, 0.717) is 13.1 Å². The van der Waals surface area contributed by atoms with Crippen molar-refractivity contribution in [3.05, 3.63) is 66.0 Å². The summed E-state index contributed by atoms with van der Waals surface area (Å²) in [5, 5.41) is 15.6. The number of fused-ring (bicyclic) bond motifs is 1. The van der Waals surface area contributed by atoms with Crippen LogP contribution in [0.3, 0.4) is 0 Å². The van der Waals surface area contributed by atoms with Crippen molar-refractivity contribution in [2.24, 2.45) is 0 Å². The molecule has 0 spiro atoms. The molecule has 2 heterocycles. The summed E-state index contributed by atoms with van der Waals surface area (Å²) in [5.74, 6) is 0.772. The number of aromatic nitrogens is 1. The van der Waals surface area contributed by atoms with Gasteiger partial charge < -0.3 is 15.2 Å². The van der Waals surface area contributed by atoms with E-state index >= 15 is 0 Å². The lowest BCUT2D eigenvalue weighted by Gasteiger charge is -2.35. The SMILES string of the molecule is Cc1cccc(C)c1NC(=O)CN1CCN(CC(O)COc2cccc3cnccc23)CC1. The third-order valence-corrected chi connectivity index (χ3v) is 6.12. The molecule has 1 saturated heterocycles. The molecular weight excluding hydrogens is 416 g/mol. The van der Waals surface area contributed by atoms with Gasteiger partial charge in [0.2, 0.25) is 5.91 Å². The van der Waals surface area contributed by atoms with Crippen LogP contribution in [0, 0.1) is 13.8 Å². The van der Waals surface area contributed by atoms with E-state index in [-0.39, 0.29) is 12.5 Å². The fourth-order valence-corrected chi connectivity index (χ4v) is 4.28. The first-order chi connectivity index (χ1) is 16.0. The first-order valence-electron chi connectivity index (χ1n) is 11.4. The van der Waals surface area contributed by atoms with Gasteiger partial charge in [0.1, 0.15) is 18.5 Å². The van der Waals surface area contributed by atoms with Gasteiger partial charge in [0.15, 0.2) is 0 Å². The Kier molecular flexibility index (Phi) is 7.54. The predicted molar refractivity (Wildman–Crippen MR) is 131 cm³/mol. The summed E-state index contributed by atoms with van der Waals surface area (Å²) in [7, 11) is 0. The second-order valence-corrected chi connectivity index (χ2v) is 8.71. The maximum atomic E-state index is 12.5. The summed E-state index contributed by atoms with van der Waals surface area (Å²) < 4.78 is 5.90. The highest BCUT2D eigenvalue weighted by atomic mass is 16.5. The minimum atomic E-state index is -0.582. The van der Waals surface area contributed by atoms with Gasteiger partial charge in [0.25, 0.3) is 0 Å². The number of aliphatic hydroxyl groups excluding tert-OH is 1. The number of ether oxygens (including phenoxy) is 1. The quantitative estimate of drug-likeness (QED) is 0.552. The van der Waals surface area contributed by atoms with Crippen molar-refractivity contribution in [1.29, 1.82) is 0 Å². The van der Waals surface area contributed by atoms with Gasteiger partial charge in [0, 0.05) is 61.6 Å². The molecule has 0 saturated carbocycles. The molecule has 7 heteroatoms. The molecule has 1 aliphatic heterocycles. The second-order valence-electron chi connectivity index (χ2n) is 8.71. The summed E-state index contributed by atoms with van der Waals surface area (Å²) >= 11 is 0. The third-order valence-electron chi connectivity index (χ3n) is 6.12. The lowest BCUT2D eigenvalue weighted by molar-refractivity contribution is -0.117. The van der Waals surface area contributed by atoms with Crippen LogP contribution in [0.5, 0.6) is 5.75 Å². The summed E-state index contributed by atoms with van der Waals surface area (Å²) in [4.78, 5) is 21.1. The fraction of sp³-hybridized carbons (Fsp3) is 0.385. The lowest BCUT2D eigenvalue weighted by atomic mass is 10.1. The Morgan fingerprint density at radius 1 is 1.06 bits per heavy atom. The molecule has 1 amide bonds. The van der Waals surface area contributed by atoms with Gasteiger partial charge in [-0.05, 0) is 37.1 Å². The number of nitrogens with one attached hydrogen (secondary N) is 1. The van der Waals surface area contributed by atoms with E-state index in [1.807, 2.05) is 56.3 Å². The van der Waals surface area contributed by atoms with E-state index in [1.54, 1.807) is 12.4 Å². The Labute approximate surface area is 195 Å². The number of aryl methyl sites for hydroxylation is 2. The molecular formula is C26H32N4O3. The normalized spacial score (nSPS) is 16.0. The smallest absolute Gasteiger partial charge is 0.238 e. The molecule has 0 radical (unpaired) electrons. The van der Waals surface area contributed by atoms with E-state index in [4.69, 9.17) is 4.74 Å². The molecule has 1 atom stereocenters. The zero-order chi connectivity index (χ0) is 23.2. The Bertz CT molecular complexity index is 1070. The largest absolute Gasteiger partial charge is 0.490 e. The Morgan fingerprint density at radius 3 is 2.52 bits per heavy atom. The van der Waals surface area contributed by atoms with Crippen LogP contribution in [0.25, 0.3) is 10.8 Å². The molecule has 3 aromatic rings. The Balaban J connectivity index is 1.20. The molecule has 2 N–H and O–H groups in total. The van der Waals surface area contributed by atoms with Gasteiger partial charge in [-0.15, -0.1) is 0 Å². The fourth-order valence-electron chi connectivity index (χ4n) is 4.28. The van der Waals surface area contributed by atoms with Crippen LogP contribution >= 0.6 is 0 Å². The number of β-amino-alcohol motifs (C(OH)–C–C–N with tert-alkyl or cyclic N) is 1. The van der Waals surface area contributed by atoms with Crippen molar-refractivity contribution in [3.8, 4) is 5.75 Å². The molecule has 0 bridgehead atoms. The van der Waals surface area contributed by atoms with Crippen LogP contribution in [0.4, 0.5) is 5.69 Å². The summed E-state index contributed by atoms with van der Waals surface area (Å²) in [5.41, 5.74) is 3.06. The third kappa shape index (κ3) is 6.07. The molecule has 7 nitrogen and oxygen atoms in total. The average Bonchev–Trinajstić information content (AvgIpc) is 2.81. The van der Waals surface area contributed by atoms with Crippen LogP contribution in [0.2, 0.25) is 0 Å². The van der Waals surface area contributed by atoms with Crippen LogP contribution in [0.15, 0.2) is 54.9 Å². The number of pyridine rings is 1. The van der Waals surface area contributed by atoms with Crippen molar-refractivity contribution < 1.29 is 14.6 Å². The molecule has 2 aromatic carbocycles.